The van der Waals surface area contributed by atoms with E-state index >= 15 is 0 Å². The lowest BCUT2D eigenvalue weighted by Gasteiger charge is -2.27. The van der Waals surface area contributed by atoms with Crippen molar-refractivity contribution in [2.24, 2.45) is 0 Å². The average Bonchev–Trinajstić information content (AvgIpc) is 3.38. The Hall–Kier alpha value is -2.78. The van der Waals surface area contributed by atoms with Gasteiger partial charge in [0.25, 0.3) is 0 Å². The Kier molecular flexibility index (Phi) is 5.59. The van der Waals surface area contributed by atoms with Crippen LogP contribution in [0.25, 0.3) is 11.3 Å². The van der Waals surface area contributed by atoms with Gasteiger partial charge in [0.2, 0.25) is 0 Å². The fraction of sp³-hybridized carbons (Fsp3) is 0.294. The summed E-state index contributed by atoms with van der Waals surface area (Å²) in [6, 6.07) is 7.50. The third kappa shape index (κ3) is 4.44. The van der Waals surface area contributed by atoms with Crippen LogP contribution in [0.2, 0.25) is 0 Å². The number of hydrogen-bond donors (Lipinski definition) is 3. The Balaban J connectivity index is 0.000000211. The van der Waals surface area contributed by atoms with Crippen LogP contribution in [0.15, 0.2) is 41.1 Å². The van der Waals surface area contributed by atoms with Crippen molar-refractivity contribution in [3.05, 3.63) is 41.1 Å². The van der Waals surface area contributed by atoms with Gasteiger partial charge in [0.05, 0.1) is 5.69 Å². The third-order valence-corrected chi connectivity index (χ3v) is 4.87. The Labute approximate surface area is 153 Å². The van der Waals surface area contributed by atoms with E-state index in [-0.39, 0.29) is 0 Å². The lowest BCUT2D eigenvalue weighted by molar-refractivity contribution is -0.134. The molecule has 0 radical (unpaired) electrons. The van der Waals surface area contributed by atoms with Gasteiger partial charge in [-0.05, 0) is 30.0 Å². The van der Waals surface area contributed by atoms with Crippen molar-refractivity contribution in [3.8, 4) is 11.3 Å². The summed E-state index contributed by atoms with van der Waals surface area (Å²) in [4.78, 5) is 21.5. The van der Waals surface area contributed by atoms with Crippen molar-refractivity contribution in [2.45, 2.75) is 18.5 Å². The van der Waals surface area contributed by atoms with Gasteiger partial charge < -0.3 is 20.4 Å². The number of aromatic nitrogens is 2. The molecule has 2 aliphatic rings. The van der Waals surface area contributed by atoms with Gasteiger partial charge in [-0.3, -0.25) is 0 Å². The first kappa shape index (κ1) is 18.0. The molecule has 0 saturated carbocycles. The number of anilines is 1. The Bertz CT molecular complexity index is 776. The summed E-state index contributed by atoms with van der Waals surface area (Å²) in [6.07, 6.45) is 2.36. The summed E-state index contributed by atoms with van der Waals surface area (Å²) in [5, 5.41) is 32.0. The summed E-state index contributed by atoms with van der Waals surface area (Å²) < 4.78 is 0. The predicted octanol–water partition coefficient (Wildman–Crippen LogP) is 1.47. The normalized spacial score (nSPS) is 20.8. The maximum absolute atomic E-state index is 9.55. The van der Waals surface area contributed by atoms with Crippen LogP contribution in [0.5, 0.6) is 0 Å². The van der Waals surface area contributed by atoms with Gasteiger partial charge in [0.15, 0.2) is 5.82 Å². The molecule has 2 aromatic rings. The molecule has 0 aliphatic carbocycles. The fourth-order valence-electron chi connectivity index (χ4n) is 3.03. The van der Waals surface area contributed by atoms with Crippen LogP contribution >= 0.6 is 11.3 Å². The maximum Gasteiger partial charge on any atom is 0.328 e. The van der Waals surface area contributed by atoms with Crippen LogP contribution in [0, 0.1) is 0 Å². The molecular weight excluding hydrogens is 356 g/mol. The molecule has 2 bridgehead atoms. The lowest BCUT2D eigenvalue weighted by Crippen LogP contribution is -2.44. The number of carbonyl (C=O) groups is 2. The number of aliphatic carboxylic acids is 2. The van der Waals surface area contributed by atoms with Crippen LogP contribution in [0.3, 0.4) is 0 Å². The first-order valence-electron chi connectivity index (χ1n) is 8.03. The number of nitrogens with one attached hydrogen (secondary N) is 1. The van der Waals surface area contributed by atoms with Crippen molar-refractivity contribution >= 4 is 29.1 Å². The summed E-state index contributed by atoms with van der Waals surface area (Å²) >= 11 is 1.69. The summed E-state index contributed by atoms with van der Waals surface area (Å²) in [6.45, 7) is 2.15. The van der Waals surface area contributed by atoms with Crippen LogP contribution in [-0.4, -0.2) is 57.5 Å². The van der Waals surface area contributed by atoms with E-state index in [0.29, 0.717) is 24.2 Å². The highest BCUT2D eigenvalue weighted by Crippen LogP contribution is 2.28. The fourth-order valence-corrected chi connectivity index (χ4v) is 3.68. The molecule has 2 saturated heterocycles. The van der Waals surface area contributed by atoms with E-state index in [4.69, 9.17) is 10.2 Å². The minimum atomic E-state index is -1.26. The molecule has 2 aromatic heterocycles. The summed E-state index contributed by atoms with van der Waals surface area (Å²) in [5.74, 6) is -1.50. The minimum absolute atomic E-state index is 0.558. The Morgan fingerprint density at radius 2 is 1.96 bits per heavy atom. The average molecular weight is 374 g/mol. The molecule has 2 atom stereocenters. The van der Waals surface area contributed by atoms with Gasteiger partial charge in [-0.15, -0.1) is 10.2 Å². The SMILES string of the molecule is O=C(O)/C=C/C(=O)O.c1cc(-c2ccc(N3C[C@@H]4C[C@H]3CN4)nn2)cs1. The zero-order valence-corrected chi connectivity index (χ0v) is 14.6. The van der Waals surface area contributed by atoms with Crippen LogP contribution in [-0.2, 0) is 9.59 Å². The number of fused-ring (bicyclic) bond motifs is 2. The number of rotatable bonds is 4. The van der Waals surface area contributed by atoms with E-state index in [1.165, 1.54) is 6.42 Å². The molecule has 26 heavy (non-hydrogen) atoms. The van der Waals surface area contributed by atoms with E-state index in [1.54, 1.807) is 11.3 Å². The topological polar surface area (TPSA) is 116 Å². The first-order chi connectivity index (χ1) is 12.5. The van der Waals surface area contributed by atoms with Crippen molar-refractivity contribution in [3.63, 3.8) is 0 Å². The molecule has 8 nitrogen and oxygen atoms in total. The number of thiophene rings is 1. The highest BCUT2D eigenvalue weighted by atomic mass is 32.1. The smallest absolute Gasteiger partial charge is 0.328 e. The second-order valence-corrected chi connectivity index (χ2v) is 6.73. The Morgan fingerprint density at radius 1 is 1.19 bits per heavy atom. The van der Waals surface area contributed by atoms with E-state index in [2.05, 4.69) is 49.4 Å². The molecule has 0 unspecified atom stereocenters. The predicted molar refractivity (Wildman–Crippen MR) is 97.3 cm³/mol. The van der Waals surface area contributed by atoms with Crippen molar-refractivity contribution < 1.29 is 19.8 Å². The lowest BCUT2D eigenvalue weighted by atomic mass is 10.2. The van der Waals surface area contributed by atoms with Gasteiger partial charge in [-0.25, -0.2) is 9.59 Å². The second kappa shape index (κ2) is 8.07. The van der Waals surface area contributed by atoms with Gasteiger partial charge in [0.1, 0.15) is 0 Å². The highest BCUT2D eigenvalue weighted by molar-refractivity contribution is 7.08. The van der Waals surface area contributed by atoms with E-state index in [9.17, 15) is 9.59 Å². The van der Waals surface area contributed by atoms with E-state index < -0.39 is 11.9 Å². The molecule has 3 N–H and O–H groups in total. The van der Waals surface area contributed by atoms with E-state index in [0.717, 1.165) is 30.2 Å². The summed E-state index contributed by atoms with van der Waals surface area (Å²) in [5.41, 5.74) is 2.12. The molecule has 4 heterocycles. The van der Waals surface area contributed by atoms with Gasteiger partial charge in [0, 0.05) is 48.3 Å². The third-order valence-electron chi connectivity index (χ3n) is 4.19. The largest absolute Gasteiger partial charge is 0.478 e. The zero-order valence-electron chi connectivity index (χ0n) is 13.8. The zero-order chi connectivity index (χ0) is 18.5. The van der Waals surface area contributed by atoms with Crippen LogP contribution in [0.4, 0.5) is 5.82 Å². The van der Waals surface area contributed by atoms with Gasteiger partial charge >= 0.3 is 11.9 Å². The first-order valence-corrected chi connectivity index (χ1v) is 8.97. The second-order valence-electron chi connectivity index (χ2n) is 5.95. The molecule has 0 amide bonds. The monoisotopic (exact) mass is 374 g/mol. The van der Waals surface area contributed by atoms with Crippen molar-refractivity contribution in [1.82, 2.24) is 15.5 Å². The number of piperazine rings is 1. The van der Waals surface area contributed by atoms with Gasteiger partial charge in [-0.1, -0.05) is 0 Å². The van der Waals surface area contributed by atoms with E-state index in [1.807, 2.05) is 0 Å². The standard InChI is InChI=1S/C13H14N4S.C4H4O4/c1-2-13(17-7-10-5-11(17)6-14-10)16-15-12(1)9-3-4-18-8-9;5-3(6)1-2-4(7)8/h1-4,8,10-11,14H,5-7H2;1-2H,(H,5,6)(H,7,8)/b;2-1+/t10-,11-;/m0./s1. The Morgan fingerprint density at radius 3 is 2.42 bits per heavy atom. The van der Waals surface area contributed by atoms with Crippen molar-refractivity contribution in [1.29, 1.82) is 0 Å². The molecular formula is C17H18N4O4S. The molecule has 0 aromatic carbocycles. The quantitative estimate of drug-likeness (QED) is 0.689. The van der Waals surface area contributed by atoms with Crippen molar-refractivity contribution in [2.75, 3.05) is 18.0 Å². The van der Waals surface area contributed by atoms with Crippen LogP contribution < -0.4 is 10.2 Å². The molecule has 9 heteroatoms. The maximum atomic E-state index is 9.55. The van der Waals surface area contributed by atoms with Crippen LogP contribution in [0.1, 0.15) is 6.42 Å². The summed E-state index contributed by atoms with van der Waals surface area (Å²) in [7, 11) is 0. The number of hydrogen-bond acceptors (Lipinski definition) is 7. The number of carboxylic acid groups (broad SMARTS) is 2. The highest BCUT2D eigenvalue weighted by Gasteiger charge is 2.38. The number of carboxylic acids is 2. The number of nitrogens with zero attached hydrogens (tertiary/aromatic N) is 3. The molecule has 0 spiro atoms. The molecule has 2 aliphatic heterocycles. The molecule has 2 fully saturated rings. The minimum Gasteiger partial charge on any atom is -0.478 e. The molecule has 136 valence electrons. The molecule has 4 rings (SSSR count). The van der Waals surface area contributed by atoms with Gasteiger partial charge in [-0.2, -0.15) is 11.3 Å².